The van der Waals surface area contributed by atoms with E-state index in [4.69, 9.17) is 17.3 Å². The van der Waals surface area contributed by atoms with Gasteiger partial charge in [-0.25, -0.2) is 9.97 Å². The number of nitrogens with zero attached hydrogens (tertiary/aromatic N) is 3. The van der Waals surface area contributed by atoms with Crippen molar-refractivity contribution < 1.29 is 25.5 Å². The second-order valence-corrected chi connectivity index (χ2v) is 6.25. The van der Waals surface area contributed by atoms with E-state index in [1.807, 2.05) is 0 Å². The number of imidazole rings is 1. The van der Waals surface area contributed by atoms with Crippen LogP contribution in [0.1, 0.15) is 5.37 Å². The molecule has 9 nitrogen and oxygen atoms in total. The summed E-state index contributed by atoms with van der Waals surface area (Å²) < 4.78 is 1.85. The third kappa shape index (κ3) is 3.55. The van der Waals surface area contributed by atoms with Crippen molar-refractivity contribution in [2.75, 3.05) is 12.9 Å². The molecule has 5 atom stereocenters. The predicted octanol–water partition coefficient (Wildman–Crippen LogP) is -1.21. The second-order valence-electron chi connectivity index (χ2n) is 4.90. The summed E-state index contributed by atoms with van der Waals surface area (Å²) in [5.41, 5.74) is 0.951. The van der Waals surface area contributed by atoms with Gasteiger partial charge in [0.15, 0.2) is 4.64 Å². The summed E-state index contributed by atoms with van der Waals surface area (Å²) in [6.45, 7) is -0.734. The van der Waals surface area contributed by atoms with E-state index in [9.17, 15) is 20.4 Å². The SMILES string of the molecule is CS[C@H]([C@H](O)[C@H](O)[C@H](O)[C@H](O)CO)n1cnc2c(=S)nc[nH]c21. The number of fused-ring (bicyclic) bond motifs is 1. The number of aliphatic hydroxyl groups excluding tert-OH is 5. The van der Waals surface area contributed by atoms with Gasteiger partial charge in [-0.1, -0.05) is 12.2 Å². The van der Waals surface area contributed by atoms with Gasteiger partial charge in [-0.15, -0.1) is 11.8 Å². The summed E-state index contributed by atoms with van der Waals surface area (Å²) in [4.78, 5) is 10.9. The van der Waals surface area contributed by atoms with Crippen molar-refractivity contribution >= 4 is 35.1 Å². The number of H-pyrrole nitrogens is 1. The molecule has 23 heavy (non-hydrogen) atoms. The van der Waals surface area contributed by atoms with Crippen molar-refractivity contribution in [3.8, 4) is 0 Å². The van der Waals surface area contributed by atoms with Crippen LogP contribution >= 0.6 is 24.0 Å². The largest absolute Gasteiger partial charge is 0.394 e. The average Bonchev–Trinajstić information content (AvgIpc) is 2.98. The predicted molar refractivity (Wildman–Crippen MR) is 86.4 cm³/mol. The summed E-state index contributed by atoms with van der Waals surface area (Å²) in [5, 5.41) is 47.7. The van der Waals surface area contributed by atoms with Crippen LogP contribution in [0.15, 0.2) is 12.7 Å². The Labute approximate surface area is 140 Å². The van der Waals surface area contributed by atoms with Gasteiger partial charge in [0.05, 0.1) is 19.3 Å². The van der Waals surface area contributed by atoms with Gasteiger partial charge in [-0.3, -0.25) is 0 Å². The molecule has 128 valence electrons. The zero-order valence-corrected chi connectivity index (χ0v) is 13.8. The van der Waals surface area contributed by atoms with Crippen LogP contribution in [0.2, 0.25) is 0 Å². The Morgan fingerprint density at radius 1 is 1.22 bits per heavy atom. The first-order valence-corrected chi connectivity index (χ1v) is 8.38. The van der Waals surface area contributed by atoms with Crippen LogP contribution in [0.5, 0.6) is 0 Å². The summed E-state index contributed by atoms with van der Waals surface area (Å²) in [6.07, 6.45) is -1.82. The molecule has 0 radical (unpaired) electrons. The summed E-state index contributed by atoms with van der Waals surface area (Å²) in [5.74, 6) is 0. The van der Waals surface area contributed by atoms with E-state index in [2.05, 4.69) is 15.0 Å². The Balaban J connectivity index is 2.34. The fourth-order valence-corrected chi connectivity index (χ4v) is 3.22. The highest BCUT2D eigenvalue weighted by molar-refractivity contribution is 7.98. The van der Waals surface area contributed by atoms with Crippen molar-refractivity contribution in [3.63, 3.8) is 0 Å². The lowest BCUT2D eigenvalue weighted by Gasteiger charge is -2.30. The highest BCUT2D eigenvalue weighted by atomic mass is 32.2. The number of rotatable bonds is 7. The maximum atomic E-state index is 10.4. The topological polar surface area (TPSA) is 148 Å². The number of nitrogens with one attached hydrogen (secondary N) is 1. The second kappa shape index (κ2) is 7.66. The number of thioether (sulfide) groups is 1. The molecular formula is C12H18N4O5S2. The standard InChI is InChI=1S/C12H18N4O5S2/c1-23-12(9(21)8(20)7(19)5(18)2-17)16-4-15-6-10(16)13-3-14-11(6)22/h3-5,7-9,12,17-21H,2H2,1H3,(H,13,14,22)/t5-,7-,8-,9-,12-/m1/s1. The van der Waals surface area contributed by atoms with Gasteiger partial charge < -0.3 is 35.1 Å². The molecule has 0 amide bonds. The number of aromatic nitrogens is 4. The molecule has 2 heterocycles. The van der Waals surface area contributed by atoms with Gasteiger partial charge in [0.25, 0.3) is 0 Å². The molecule has 2 aromatic rings. The van der Waals surface area contributed by atoms with E-state index in [1.54, 1.807) is 10.8 Å². The number of hydrogen-bond acceptors (Lipinski definition) is 9. The third-order valence-corrected chi connectivity index (χ3v) is 4.76. The van der Waals surface area contributed by atoms with Gasteiger partial charge in [0.1, 0.15) is 41.0 Å². The zero-order chi connectivity index (χ0) is 17.1. The fraction of sp³-hybridized carbons (Fsp3) is 0.583. The molecule has 0 fully saturated rings. The number of aliphatic hydroxyl groups is 5. The lowest BCUT2D eigenvalue weighted by atomic mass is 10.0. The van der Waals surface area contributed by atoms with Crippen LogP contribution < -0.4 is 0 Å². The number of hydrogen-bond donors (Lipinski definition) is 6. The fourth-order valence-electron chi connectivity index (χ4n) is 2.19. The van der Waals surface area contributed by atoms with Crippen LogP contribution in [0, 0.1) is 4.64 Å². The zero-order valence-electron chi connectivity index (χ0n) is 12.1. The first-order valence-electron chi connectivity index (χ1n) is 6.68. The van der Waals surface area contributed by atoms with Crippen LogP contribution in [-0.4, -0.2) is 82.3 Å². The molecule has 6 N–H and O–H groups in total. The minimum Gasteiger partial charge on any atom is -0.394 e. The molecular weight excluding hydrogens is 344 g/mol. The normalized spacial score (nSPS) is 18.5. The van der Waals surface area contributed by atoms with Crippen LogP contribution in [0.3, 0.4) is 0 Å². The minimum absolute atomic E-state index is 0.295. The van der Waals surface area contributed by atoms with Gasteiger partial charge in [0, 0.05) is 0 Å². The van der Waals surface area contributed by atoms with E-state index < -0.39 is 36.4 Å². The number of aromatic amines is 1. The Morgan fingerprint density at radius 3 is 2.52 bits per heavy atom. The van der Waals surface area contributed by atoms with Crippen molar-refractivity contribution in [3.05, 3.63) is 17.3 Å². The highest BCUT2D eigenvalue weighted by Gasteiger charge is 2.35. The molecule has 0 aliphatic carbocycles. The molecule has 11 heteroatoms. The van der Waals surface area contributed by atoms with Crippen LogP contribution in [-0.2, 0) is 0 Å². The molecule has 0 aliphatic rings. The maximum Gasteiger partial charge on any atom is 0.157 e. The van der Waals surface area contributed by atoms with E-state index in [0.717, 1.165) is 0 Å². The average molecular weight is 362 g/mol. The molecule has 0 aliphatic heterocycles. The Kier molecular flexibility index (Phi) is 6.08. The third-order valence-electron chi connectivity index (χ3n) is 3.47. The maximum absolute atomic E-state index is 10.4. The monoisotopic (exact) mass is 362 g/mol. The van der Waals surface area contributed by atoms with Crippen LogP contribution in [0.4, 0.5) is 0 Å². The lowest BCUT2D eigenvalue weighted by molar-refractivity contribution is -0.118. The Hall–Kier alpha value is -1.08. The Bertz CT molecular complexity index is 708. The van der Waals surface area contributed by atoms with Crippen molar-refractivity contribution in [2.45, 2.75) is 29.8 Å². The molecule has 0 spiro atoms. The smallest absolute Gasteiger partial charge is 0.157 e. The summed E-state index contributed by atoms with van der Waals surface area (Å²) in [7, 11) is 0. The minimum atomic E-state index is -1.69. The summed E-state index contributed by atoms with van der Waals surface area (Å²) >= 11 is 6.28. The quantitative estimate of drug-likeness (QED) is 0.334. The molecule has 2 rings (SSSR count). The molecule has 0 unspecified atom stereocenters. The van der Waals surface area contributed by atoms with Crippen molar-refractivity contribution in [2.24, 2.45) is 0 Å². The summed E-state index contributed by atoms with van der Waals surface area (Å²) in [6, 6.07) is 0. The first kappa shape index (κ1) is 18.3. The van der Waals surface area contributed by atoms with Gasteiger partial charge in [0.2, 0.25) is 0 Å². The van der Waals surface area contributed by atoms with Gasteiger partial charge in [-0.05, 0) is 6.26 Å². The van der Waals surface area contributed by atoms with E-state index in [0.29, 0.717) is 15.8 Å². The molecule has 0 aromatic carbocycles. The lowest BCUT2D eigenvalue weighted by Crippen LogP contribution is -2.48. The molecule has 2 aromatic heterocycles. The molecule has 0 bridgehead atoms. The van der Waals surface area contributed by atoms with E-state index >= 15 is 0 Å². The van der Waals surface area contributed by atoms with Crippen molar-refractivity contribution in [1.82, 2.24) is 19.5 Å². The Morgan fingerprint density at radius 2 is 1.91 bits per heavy atom. The van der Waals surface area contributed by atoms with Crippen LogP contribution in [0.25, 0.3) is 11.2 Å². The molecule has 0 saturated heterocycles. The van der Waals surface area contributed by atoms with Crippen molar-refractivity contribution in [1.29, 1.82) is 0 Å². The molecule has 0 saturated carbocycles. The first-order chi connectivity index (χ1) is 10.9. The van der Waals surface area contributed by atoms with Gasteiger partial charge in [-0.2, -0.15) is 0 Å². The van der Waals surface area contributed by atoms with E-state index in [1.165, 1.54) is 24.4 Å². The highest BCUT2D eigenvalue weighted by Crippen LogP contribution is 2.30. The van der Waals surface area contributed by atoms with Gasteiger partial charge >= 0.3 is 0 Å². The van der Waals surface area contributed by atoms with E-state index in [-0.39, 0.29) is 0 Å².